The Kier molecular flexibility index (Phi) is 14.1. The van der Waals surface area contributed by atoms with Gasteiger partial charge in [-0.2, -0.15) is 0 Å². The van der Waals surface area contributed by atoms with Crippen LogP contribution in [0.3, 0.4) is 0 Å². The third-order valence-electron chi connectivity index (χ3n) is 5.02. The van der Waals surface area contributed by atoms with Crippen molar-refractivity contribution in [1.82, 2.24) is 5.32 Å². The summed E-state index contributed by atoms with van der Waals surface area (Å²) in [6, 6.07) is 4.85. The zero-order valence-corrected chi connectivity index (χ0v) is 19.9. The number of amides is 1. The SMILES string of the molecule is COc1cc(CNC(=O)CCCC/C=C/C(C)C)ccc1OCC(=O)[C@@H](N)CCCCN. The normalized spacial score (nSPS) is 12.2. The molecule has 0 aromatic heterocycles. The molecule has 1 aromatic rings. The highest BCUT2D eigenvalue weighted by molar-refractivity contribution is 5.85. The van der Waals surface area contributed by atoms with Crippen molar-refractivity contribution in [3.05, 3.63) is 35.9 Å². The number of allylic oxidation sites excluding steroid dienone is 2. The zero-order chi connectivity index (χ0) is 23.8. The molecule has 0 aliphatic carbocycles. The van der Waals surface area contributed by atoms with Gasteiger partial charge in [0.15, 0.2) is 17.3 Å². The van der Waals surface area contributed by atoms with Crippen LogP contribution in [0.25, 0.3) is 0 Å². The lowest BCUT2D eigenvalue weighted by Gasteiger charge is -2.14. The summed E-state index contributed by atoms with van der Waals surface area (Å²) in [5, 5.41) is 2.94. The van der Waals surface area contributed by atoms with Gasteiger partial charge in [-0.05, 0) is 62.3 Å². The molecule has 1 rings (SSSR count). The molecule has 5 N–H and O–H groups in total. The molecule has 32 heavy (non-hydrogen) atoms. The van der Waals surface area contributed by atoms with Crippen molar-refractivity contribution in [3.8, 4) is 11.5 Å². The summed E-state index contributed by atoms with van der Waals surface area (Å²) in [6.07, 6.45) is 10.0. The fraction of sp³-hybridized carbons (Fsp3) is 0.600. The molecule has 1 aromatic carbocycles. The van der Waals surface area contributed by atoms with Gasteiger partial charge < -0.3 is 26.3 Å². The van der Waals surface area contributed by atoms with E-state index < -0.39 is 6.04 Å². The Morgan fingerprint density at radius 1 is 1.12 bits per heavy atom. The minimum absolute atomic E-state index is 0.0337. The predicted octanol–water partition coefficient (Wildman–Crippen LogP) is 3.49. The summed E-state index contributed by atoms with van der Waals surface area (Å²) < 4.78 is 11.0. The van der Waals surface area contributed by atoms with Crippen LogP contribution in [0.15, 0.2) is 30.4 Å². The number of nitrogens with one attached hydrogen (secondary N) is 1. The van der Waals surface area contributed by atoms with Gasteiger partial charge in [0.05, 0.1) is 13.2 Å². The van der Waals surface area contributed by atoms with E-state index in [1.807, 2.05) is 6.07 Å². The second kappa shape index (κ2) is 16.3. The Labute approximate surface area is 192 Å². The molecule has 0 heterocycles. The van der Waals surface area contributed by atoms with Crippen LogP contribution in [0.1, 0.15) is 64.4 Å². The number of carbonyl (C=O) groups is 2. The van der Waals surface area contributed by atoms with E-state index >= 15 is 0 Å². The highest BCUT2D eigenvalue weighted by Gasteiger charge is 2.15. The monoisotopic (exact) mass is 447 g/mol. The predicted molar refractivity (Wildman–Crippen MR) is 129 cm³/mol. The van der Waals surface area contributed by atoms with Gasteiger partial charge in [0.25, 0.3) is 0 Å². The van der Waals surface area contributed by atoms with Crippen LogP contribution in [0.5, 0.6) is 11.5 Å². The topological polar surface area (TPSA) is 117 Å². The number of ether oxygens (including phenoxy) is 2. The van der Waals surface area contributed by atoms with Crippen LogP contribution in [0.2, 0.25) is 0 Å². The number of Topliss-reactive ketones (excluding diaryl/α,β-unsaturated/α-hetero) is 1. The van der Waals surface area contributed by atoms with E-state index in [1.54, 1.807) is 19.2 Å². The van der Waals surface area contributed by atoms with Crippen LogP contribution in [-0.4, -0.2) is 38.0 Å². The van der Waals surface area contributed by atoms with E-state index in [-0.39, 0.29) is 18.3 Å². The molecule has 7 heteroatoms. The van der Waals surface area contributed by atoms with Gasteiger partial charge in [-0.15, -0.1) is 0 Å². The third kappa shape index (κ3) is 11.9. The lowest BCUT2D eigenvalue weighted by Crippen LogP contribution is -2.34. The van der Waals surface area contributed by atoms with E-state index in [0.717, 1.165) is 37.7 Å². The van der Waals surface area contributed by atoms with E-state index in [9.17, 15) is 9.59 Å². The Morgan fingerprint density at radius 3 is 2.59 bits per heavy atom. The molecule has 1 atom stereocenters. The van der Waals surface area contributed by atoms with Crippen LogP contribution < -0.4 is 26.3 Å². The summed E-state index contributed by atoms with van der Waals surface area (Å²) in [6.45, 7) is 5.20. The molecular formula is C25H41N3O4. The molecule has 0 radical (unpaired) electrons. The van der Waals surface area contributed by atoms with Gasteiger partial charge in [-0.3, -0.25) is 9.59 Å². The van der Waals surface area contributed by atoms with Gasteiger partial charge in [0.2, 0.25) is 5.91 Å². The molecule has 0 unspecified atom stereocenters. The average Bonchev–Trinajstić information content (AvgIpc) is 2.78. The number of hydrogen-bond donors (Lipinski definition) is 3. The van der Waals surface area contributed by atoms with Crippen molar-refractivity contribution in [2.75, 3.05) is 20.3 Å². The van der Waals surface area contributed by atoms with E-state index in [4.69, 9.17) is 20.9 Å². The molecule has 0 aliphatic heterocycles. The lowest BCUT2D eigenvalue weighted by atomic mass is 10.1. The molecule has 0 bridgehead atoms. The Morgan fingerprint density at radius 2 is 1.91 bits per heavy atom. The molecule has 0 saturated heterocycles. The quantitative estimate of drug-likeness (QED) is 0.249. The Hall–Kier alpha value is -2.38. The largest absolute Gasteiger partial charge is 0.493 e. The average molecular weight is 448 g/mol. The number of nitrogens with two attached hydrogens (primary N) is 2. The maximum absolute atomic E-state index is 12.2. The zero-order valence-electron chi connectivity index (χ0n) is 19.9. The maximum Gasteiger partial charge on any atom is 0.220 e. The first-order valence-electron chi connectivity index (χ1n) is 11.6. The molecule has 180 valence electrons. The lowest BCUT2D eigenvalue weighted by molar-refractivity contribution is -0.122. The first-order chi connectivity index (χ1) is 15.4. The third-order valence-corrected chi connectivity index (χ3v) is 5.02. The smallest absolute Gasteiger partial charge is 0.220 e. The molecule has 0 spiro atoms. The number of hydrogen-bond acceptors (Lipinski definition) is 6. The van der Waals surface area contributed by atoms with E-state index in [0.29, 0.717) is 43.3 Å². The van der Waals surface area contributed by atoms with Gasteiger partial charge in [0.1, 0.15) is 6.61 Å². The van der Waals surface area contributed by atoms with Crippen molar-refractivity contribution in [2.45, 2.75) is 71.4 Å². The van der Waals surface area contributed by atoms with E-state index in [2.05, 4.69) is 31.3 Å². The second-order valence-electron chi connectivity index (χ2n) is 8.33. The summed E-state index contributed by atoms with van der Waals surface area (Å²) in [5.41, 5.74) is 12.3. The highest BCUT2D eigenvalue weighted by atomic mass is 16.5. The highest BCUT2D eigenvalue weighted by Crippen LogP contribution is 2.28. The number of rotatable bonds is 17. The first-order valence-corrected chi connectivity index (χ1v) is 11.6. The summed E-state index contributed by atoms with van der Waals surface area (Å²) in [7, 11) is 1.54. The van der Waals surface area contributed by atoms with Crippen molar-refractivity contribution < 1.29 is 19.1 Å². The fourth-order valence-electron chi connectivity index (χ4n) is 3.07. The van der Waals surface area contributed by atoms with Gasteiger partial charge in [0, 0.05) is 13.0 Å². The van der Waals surface area contributed by atoms with Crippen molar-refractivity contribution >= 4 is 11.7 Å². The minimum atomic E-state index is -0.548. The molecule has 0 fully saturated rings. The van der Waals surface area contributed by atoms with Gasteiger partial charge >= 0.3 is 0 Å². The van der Waals surface area contributed by atoms with Crippen molar-refractivity contribution in [2.24, 2.45) is 17.4 Å². The van der Waals surface area contributed by atoms with E-state index in [1.165, 1.54) is 0 Å². The molecule has 1 amide bonds. The molecule has 0 saturated carbocycles. The van der Waals surface area contributed by atoms with Crippen molar-refractivity contribution in [1.29, 1.82) is 0 Å². The molecule has 7 nitrogen and oxygen atoms in total. The number of unbranched alkanes of at least 4 members (excludes halogenated alkanes) is 3. The number of carbonyl (C=O) groups excluding carboxylic acids is 2. The minimum Gasteiger partial charge on any atom is -0.493 e. The van der Waals surface area contributed by atoms with Crippen LogP contribution >= 0.6 is 0 Å². The number of methoxy groups -OCH3 is 1. The summed E-state index contributed by atoms with van der Waals surface area (Å²) in [5.74, 6) is 1.43. The fourth-order valence-corrected chi connectivity index (χ4v) is 3.07. The first kappa shape index (κ1) is 27.7. The van der Waals surface area contributed by atoms with Gasteiger partial charge in [-0.1, -0.05) is 38.5 Å². The van der Waals surface area contributed by atoms with Crippen LogP contribution in [0.4, 0.5) is 0 Å². The van der Waals surface area contributed by atoms with Crippen LogP contribution in [-0.2, 0) is 16.1 Å². The maximum atomic E-state index is 12.2. The Balaban J connectivity index is 2.42. The number of benzene rings is 1. The number of ketones is 1. The summed E-state index contributed by atoms with van der Waals surface area (Å²) >= 11 is 0. The Bertz CT molecular complexity index is 719. The molecule has 0 aliphatic rings. The second-order valence-corrected chi connectivity index (χ2v) is 8.33. The van der Waals surface area contributed by atoms with Gasteiger partial charge in [-0.25, -0.2) is 0 Å². The molecular weight excluding hydrogens is 406 g/mol. The standard InChI is InChI=1S/C25H41N3O4/c1-19(2)10-6-4-5-7-12-25(30)28-17-20-13-14-23(24(16-20)31-3)32-18-22(29)21(27)11-8-9-15-26/h6,10,13-14,16,19,21H,4-5,7-9,11-12,15,17-18,26-27H2,1-3H3,(H,28,30)/b10-6+/t21-/m0/s1. The van der Waals surface area contributed by atoms with Crippen LogP contribution in [0, 0.1) is 5.92 Å². The summed E-state index contributed by atoms with van der Waals surface area (Å²) in [4.78, 5) is 24.2. The van der Waals surface area contributed by atoms with Crippen molar-refractivity contribution in [3.63, 3.8) is 0 Å².